The molecule has 1 atom stereocenters. The van der Waals surface area contributed by atoms with Gasteiger partial charge in [0.15, 0.2) is 5.78 Å². The zero-order valence-electron chi connectivity index (χ0n) is 14.4. The molecular weight excluding hydrogens is 362 g/mol. The number of anilines is 1. The van der Waals surface area contributed by atoms with Crippen LogP contribution in [0.3, 0.4) is 0 Å². The highest BCUT2D eigenvalue weighted by atomic mass is 35.5. The van der Waals surface area contributed by atoms with Crippen LogP contribution in [-0.4, -0.2) is 21.7 Å². The summed E-state index contributed by atoms with van der Waals surface area (Å²) in [6.45, 7) is 0. The fourth-order valence-electron chi connectivity index (χ4n) is 3.24. The summed E-state index contributed by atoms with van der Waals surface area (Å²) in [5, 5.41) is 3.36. The lowest BCUT2D eigenvalue weighted by Crippen LogP contribution is -2.22. The molecule has 0 radical (unpaired) electrons. The van der Waals surface area contributed by atoms with Gasteiger partial charge in [-0.1, -0.05) is 41.9 Å². The van der Waals surface area contributed by atoms with Gasteiger partial charge in [-0.3, -0.25) is 14.9 Å². The van der Waals surface area contributed by atoms with Crippen LogP contribution in [0.1, 0.15) is 44.3 Å². The highest BCUT2D eigenvalue weighted by molar-refractivity contribution is 6.30. The van der Waals surface area contributed by atoms with Gasteiger partial charge in [0.25, 0.3) is 5.91 Å². The molecule has 3 aromatic rings. The second-order valence-electron chi connectivity index (χ2n) is 6.45. The Morgan fingerprint density at radius 1 is 1.04 bits per heavy atom. The third kappa shape index (κ3) is 3.73. The van der Waals surface area contributed by atoms with Crippen LogP contribution in [-0.2, 0) is 6.42 Å². The average Bonchev–Trinajstić information content (AvgIpc) is 2.69. The highest BCUT2D eigenvalue weighted by Gasteiger charge is 2.28. The van der Waals surface area contributed by atoms with Gasteiger partial charge >= 0.3 is 0 Å². The molecule has 1 aliphatic rings. The van der Waals surface area contributed by atoms with E-state index in [1.165, 1.54) is 6.20 Å². The number of hydrogen-bond donors (Lipinski definition) is 1. The van der Waals surface area contributed by atoms with Crippen LogP contribution in [0.5, 0.6) is 0 Å². The van der Waals surface area contributed by atoms with E-state index in [1.807, 2.05) is 30.3 Å². The van der Waals surface area contributed by atoms with E-state index in [9.17, 15) is 9.59 Å². The molecule has 27 heavy (non-hydrogen) atoms. The molecule has 0 spiro atoms. The molecule has 5 nitrogen and oxygen atoms in total. The lowest BCUT2D eigenvalue weighted by atomic mass is 9.82. The maximum Gasteiger partial charge on any atom is 0.258 e. The Bertz CT molecular complexity index is 1000. The smallest absolute Gasteiger partial charge is 0.258 e. The standard InChI is InChI=1S/C21H16ClN3O2/c22-16-8-6-13(7-9-16)15-10-18-17(19(26)11-15)12-23-21(24-18)25-20(27)14-4-2-1-3-5-14/h1-9,12,15H,10-11H2,(H,23,24,25,27). The summed E-state index contributed by atoms with van der Waals surface area (Å²) >= 11 is 5.95. The summed E-state index contributed by atoms with van der Waals surface area (Å²) in [5.74, 6) is -0.0360. The molecule has 6 heteroatoms. The van der Waals surface area contributed by atoms with E-state index < -0.39 is 0 Å². The van der Waals surface area contributed by atoms with Crippen LogP contribution in [0.25, 0.3) is 0 Å². The maximum absolute atomic E-state index is 12.5. The van der Waals surface area contributed by atoms with Gasteiger partial charge in [0.05, 0.1) is 11.3 Å². The van der Waals surface area contributed by atoms with Crippen molar-refractivity contribution in [2.75, 3.05) is 5.32 Å². The van der Waals surface area contributed by atoms with Crippen molar-refractivity contribution in [2.45, 2.75) is 18.8 Å². The first-order chi connectivity index (χ1) is 13.1. The van der Waals surface area contributed by atoms with Crippen LogP contribution in [0.4, 0.5) is 5.95 Å². The Labute approximate surface area is 161 Å². The Kier molecular flexibility index (Phi) is 4.69. The summed E-state index contributed by atoms with van der Waals surface area (Å²) in [4.78, 5) is 33.4. The molecule has 1 unspecified atom stereocenters. The lowest BCUT2D eigenvalue weighted by Gasteiger charge is -2.23. The van der Waals surface area contributed by atoms with E-state index in [4.69, 9.17) is 11.6 Å². The fraction of sp³-hybridized carbons (Fsp3) is 0.143. The molecule has 1 N–H and O–H groups in total. The summed E-state index contributed by atoms with van der Waals surface area (Å²) in [7, 11) is 0. The predicted molar refractivity (Wildman–Crippen MR) is 103 cm³/mol. The van der Waals surface area contributed by atoms with Gasteiger partial charge in [0, 0.05) is 23.2 Å². The predicted octanol–water partition coefficient (Wildman–Crippen LogP) is 4.30. The Morgan fingerprint density at radius 3 is 2.52 bits per heavy atom. The van der Waals surface area contributed by atoms with Crippen molar-refractivity contribution in [1.29, 1.82) is 0 Å². The summed E-state index contributed by atoms with van der Waals surface area (Å²) < 4.78 is 0. The number of Topliss-reactive ketones (excluding diaryl/α,β-unsaturated/α-hetero) is 1. The number of ketones is 1. The van der Waals surface area contributed by atoms with Gasteiger partial charge < -0.3 is 0 Å². The van der Waals surface area contributed by atoms with Gasteiger partial charge in [0.2, 0.25) is 5.95 Å². The number of halogens is 1. The Hall–Kier alpha value is -3.05. The van der Waals surface area contributed by atoms with E-state index in [0.717, 1.165) is 5.56 Å². The van der Waals surface area contributed by atoms with E-state index in [1.54, 1.807) is 24.3 Å². The van der Waals surface area contributed by atoms with E-state index in [0.29, 0.717) is 34.7 Å². The van der Waals surface area contributed by atoms with Gasteiger partial charge in [-0.2, -0.15) is 0 Å². The molecule has 0 saturated carbocycles. The van der Waals surface area contributed by atoms with Crippen LogP contribution in [0, 0.1) is 0 Å². The number of nitrogens with one attached hydrogen (secondary N) is 1. The van der Waals surface area contributed by atoms with Crippen molar-refractivity contribution in [2.24, 2.45) is 0 Å². The van der Waals surface area contributed by atoms with E-state index in [-0.39, 0.29) is 23.6 Å². The SMILES string of the molecule is O=C(Nc1ncc2c(n1)CC(c1ccc(Cl)cc1)CC2=O)c1ccccc1. The largest absolute Gasteiger partial charge is 0.294 e. The molecule has 134 valence electrons. The molecular formula is C21H16ClN3O2. The van der Waals surface area contributed by atoms with Crippen LogP contribution in [0.2, 0.25) is 5.02 Å². The molecule has 1 heterocycles. The number of nitrogens with zero attached hydrogens (tertiary/aromatic N) is 2. The van der Waals surface area contributed by atoms with Crippen molar-refractivity contribution in [3.8, 4) is 0 Å². The summed E-state index contributed by atoms with van der Waals surface area (Å²) in [6, 6.07) is 16.4. The van der Waals surface area contributed by atoms with Crippen molar-refractivity contribution >= 4 is 29.2 Å². The molecule has 0 bridgehead atoms. The van der Waals surface area contributed by atoms with Crippen LogP contribution in [0.15, 0.2) is 60.8 Å². The van der Waals surface area contributed by atoms with Crippen LogP contribution >= 0.6 is 11.6 Å². The average molecular weight is 378 g/mol. The number of carbonyl (C=O) groups is 2. The molecule has 4 rings (SSSR count). The monoisotopic (exact) mass is 377 g/mol. The first-order valence-corrected chi connectivity index (χ1v) is 8.99. The van der Waals surface area contributed by atoms with E-state index >= 15 is 0 Å². The fourth-order valence-corrected chi connectivity index (χ4v) is 3.37. The zero-order chi connectivity index (χ0) is 18.8. The van der Waals surface area contributed by atoms with Crippen molar-refractivity contribution < 1.29 is 9.59 Å². The number of benzene rings is 2. The minimum Gasteiger partial charge on any atom is -0.294 e. The zero-order valence-corrected chi connectivity index (χ0v) is 15.1. The van der Waals surface area contributed by atoms with Gasteiger partial charge in [0.1, 0.15) is 0 Å². The third-order valence-corrected chi connectivity index (χ3v) is 4.89. The molecule has 2 aromatic carbocycles. The number of rotatable bonds is 3. The van der Waals surface area contributed by atoms with Gasteiger partial charge in [-0.05, 0) is 42.2 Å². The maximum atomic E-state index is 12.5. The molecule has 0 saturated heterocycles. The topological polar surface area (TPSA) is 72.0 Å². The number of hydrogen-bond acceptors (Lipinski definition) is 4. The number of aromatic nitrogens is 2. The minimum absolute atomic E-state index is 0.0112. The Balaban J connectivity index is 1.57. The Morgan fingerprint density at radius 2 is 1.78 bits per heavy atom. The quantitative estimate of drug-likeness (QED) is 0.738. The van der Waals surface area contributed by atoms with E-state index in [2.05, 4.69) is 15.3 Å². The normalized spacial score (nSPS) is 15.9. The summed E-state index contributed by atoms with van der Waals surface area (Å²) in [6.07, 6.45) is 2.52. The highest BCUT2D eigenvalue weighted by Crippen LogP contribution is 2.32. The lowest BCUT2D eigenvalue weighted by molar-refractivity contribution is 0.0962. The second kappa shape index (κ2) is 7.29. The van der Waals surface area contributed by atoms with Crippen molar-refractivity contribution in [3.63, 3.8) is 0 Å². The first kappa shape index (κ1) is 17.4. The molecule has 0 fully saturated rings. The number of fused-ring (bicyclic) bond motifs is 1. The number of amides is 1. The molecule has 1 aromatic heterocycles. The summed E-state index contributed by atoms with van der Waals surface area (Å²) in [5.41, 5.74) is 2.75. The van der Waals surface area contributed by atoms with Crippen molar-refractivity contribution in [1.82, 2.24) is 9.97 Å². The molecule has 1 aliphatic carbocycles. The van der Waals surface area contributed by atoms with Gasteiger partial charge in [-0.15, -0.1) is 0 Å². The van der Waals surface area contributed by atoms with Crippen molar-refractivity contribution in [3.05, 3.63) is 88.2 Å². The molecule has 1 amide bonds. The number of carbonyl (C=O) groups excluding carboxylic acids is 2. The minimum atomic E-state index is -0.285. The first-order valence-electron chi connectivity index (χ1n) is 8.61. The third-order valence-electron chi connectivity index (χ3n) is 4.64. The van der Waals surface area contributed by atoms with Gasteiger partial charge in [-0.25, -0.2) is 9.97 Å². The molecule has 0 aliphatic heterocycles. The second-order valence-corrected chi connectivity index (χ2v) is 6.89. The van der Waals surface area contributed by atoms with Crippen LogP contribution < -0.4 is 5.32 Å².